The van der Waals surface area contributed by atoms with Gasteiger partial charge in [0.25, 0.3) is 6.43 Å². The fraction of sp³-hybridized carbons (Fsp3) is 0.400. The van der Waals surface area contributed by atoms with Crippen LogP contribution < -0.4 is 4.74 Å². The van der Waals surface area contributed by atoms with E-state index in [0.717, 1.165) is 4.90 Å². The molecule has 8 heteroatoms. The van der Waals surface area contributed by atoms with Gasteiger partial charge < -0.3 is 9.64 Å². The van der Waals surface area contributed by atoms with Crippen LogP contribution >= 0.6 is 23.4 Å². The summed E-state index contributed by atoms with van der Waals surface area (Å²) in [6.45, 7) is -0.651. The van der Waals surface area contributed by atoms with E-state index in [-0.39, 0.29) is 45.0 Å². The summed E-state index contributed by atoms with van der Waals surface area (Å²) in [5, 5.41) is 0.343. The zero-order valence-corrected chi connectivity index (χ0v) is 16.9. The Morgan fingerprint density at radius 3 is 2.83 bits per heavy atom. The molecule has 0 aliphatic carbocycles. The number of benzene rings is 1. The second kappa shape index (κ2) is 9.97. The van der Waals surface area contributed by atoms with Crippen LogP contribution in [0.1, 0.15) is 18.4 Å². The van der Waals surface area contributed by atoms with Gasteiger partial charge in [0, 0.05) is 39.1 Å². The molecule has 0 unspecified atom stereocenters. The number of carbonyl (C=O) groups excluding carboxylic acids is 1. The SMILES string of the molecule is CSCOc1ccc(C2=[C-]CCC(=O)N2CC(F)F)c(Cl)c1.[Y]. The van der Waals surface area contributed by atoms with Crippen LogP contribution in [0.4, 0.5) is 8.78 Å². The molecule has 0 atom stereocenters. The van der Waals surface area contributed by atoms with Crippen LogP contribution in [0, 0.1) is 6.08 Å². The predicted octanol–water partition coefficient (Wildman–Crippen LogP) is 4.07. The average molecular weight is 436 g/mol. The summed E-state index contributed by atoms with van der Waals surface area (Å²) in [5.41, 5.74) is 0.824. The first kappa shape index (κ1) is 20.9. The number of hydrogen-bond acceptors (Lipinski definition) is 3. The van der Waals surface area contributed by atoms with Gasteiger partial charge in [-0.15, -0.1) is 47.1 Å². The van der Waals surface area contributed by atoms with E-state index in [9.17, 15) is 13.6 Å². The molecule has 1 radical (unpaired) electrons. The molecular formula is C15H15ClF2NO2SY-. The fourth-order valence-corrected chi connectivity index (χ4v) is 2.63. The number of allylic oxidation sites excluding steroid dienone is 1. The zero-order valence-electron chi connectivity index (χ0n) is 12.5. The Balaban J connectivity index is 0.00000264. The maximum absolute atomic E-state index is 12.7. The van der Waals surface area contributed by atoms with E-state index in [1.54, 1.807) is 18.2 Å². The van der Waals surface area contributed by atoms with Crippen molar-refractivity contribution in [1.29, 1.82) is 0 Å². The Hall–Kier alpha value is -0.166. The monoisotopic (exact) mass is 435 g/mol. The van der Waals surface area contributed by atoms with Crippen molar-refractivity contribution in [2.45, 2.75) is 19.3 Å². The minimum Gasteiger partial charge on any atom is -0.483 e. The number of alkyl halides is 2. The average Bonchev–Trinajstić information content (AvgIpc) is 2.47. The Morgan fingerprint density at radius 2 is 2.22 bits per heavy atom. The van der Waals surface area contributed by atoms with E-state index < -0.39 is 13.0 Å². The van der Waals surface area contributed by atoms with E-state index in [2.05, 4.69) is 6.08 Å². The third-order valence-electron chi connectivity index (χ3n) is 3.06. The van der Waals surface area contributed by atoms with Crippen LogP contribution in [0.25, 0.3) is 5.70 Å². The number of thioether (sulfide) groups is 1. The maximum Gasteiger partial charge on any atom is 0.256 e. The third kappa shape index (κ3) is 5.70. The van der Waals surface area contributed by atoms with Gasteiger partial charge in [-0.25, -0.2) is 14.9 Å². The summed E-state index contributed by atoms with van der Waals surface area (Å²) in [4.78, 5) is 12.9. The molecule has 1 aliphatic heterocycles. The van der Waals surface area contributed by atoms with Gasteiger partial charge >= 0.3 is 0 Å². The number of nitrogens with zero attached hydrogens (tertiary/aromatic N) is 1. The second-order valence-electron chi connectivity index (χ2n) is 4.61. The molecule has 0 spiro atoms. The molecule has 2 rings (SSSR count). The molecule has 0 bridgehead atoms. The molecule has 1 aliphatic rings. The van der Waals surface area contributed by atoms with E-state index in [1.165, 1.54) is 11.8 Å². The van der Waals surface area contributed by atoms with Gasteiger partial charge in [-0.2, -0.15) is 0 Å². The molecule has 0 fully saturated rings. The van der Waals surface area contributed by atoms with Crippen LogP contribution in [0.5, 0.6) is 5.75 Å². The molecule has 23 heavy (non-hydrogen) atoms. The molecule has 1 aromatic carbocycles. The zero-order chi connectivity index (χ0) is 16.1. The molecule has 1 aromatic rings. The summed E-state index contributed by atoms with van der Waals surface area (Å²) in [5.74, 6) is 0.736. The van der Waals surface area contributed by atoms with Gasteiger partial charge in [-0.3, -0.25) is 4.79 Å². The Morgan fingerprint density at radius 1 is 1.48 bits per heavy atom. The first-order valence-electron chi connectivity index (χ1n) is 6.64. The molecule has 0 saturated heterocycles. The smallest absolute Gasteiger partial charge is 0.256 e. The molecule has 1 amide bonds. The Labute approximate surface area is 168 Å². The molecule has 0 N–H and O–H groups in total. The number of carbonyl (C=O) groups is 1. The van der Waals surface area contributed by atoms with Crippen LogP contribution in [-0.2, 0) is 37.5 Å². The van der Waals surface area contributed by atoms with Gasteiger partial charge in [0.15, 0.2) is 0 Å². The molecule has 3 nitrogen and oxygen atoms in total. The third-order valence-corrected chi connectivity index (χ3v) is 3.73. The Kier molecular flexibility index (Phi) is 9.05. The molecule has 0 saturated carbocycles. The summed E-state index contributed by atoms with van der Waals surface area (Å²) < 4.78 is 30.8. The minimum atomic E-state index is -2.61. The largest absolute Gasteiger partial charge is 0.483 e. The van der Waals surface area contributed by atoms with Crippen LogP contribution in [0.2, 0.25) is 5.02 Å². The second-order valence-corrected chi connectivity index (χ2v) is 5.83. The fourth-order valence-electron chi connectivity index (χ4n) is 2.12. The van der Waals surface area contributed by atoms with Crippen molar-refractivity contribution in [3.8, 4) is 5.75 Å². The topological polar surface area (TPSA) is 29.5 Å². The van der Waals surface area contributed by atoms with Crippen molar-refractivity contribution < 1.29 is 51.0 Å². The van der Waals surface area contributed by atoms with E-state index >= 15 is 0 Å². The number of halogens is 3. The van der Waals surface area contributed by atoms with Crippen molar-refractivity contribution in [3.63, 3.8) is 0 Å². The number of hydrogen-bond donors (Lipinski definition) is 0. The summed E-state index contributed by atoms with van der Waals surface area (Å²) in [6.07, 6.45) is 2.86. The standard InChI is InChI=1S/C15H15ClF2NO2S.Y/c1-22-9-21-10-5-6-11(12(16)7-10)13-3-2-4-15(20)19(13)8-14(17)18;/h5-7,14H,2,4,8-9H2,1H3;/q-1;. The van der Waals surface area contributed by atoms with Gasteiger partial charge in [0.2, 0.25) is 5.91 Å². The number of ether oxygens (including phenoxy) is 1. The number of rotatable bonds is 6. The van der Waals surface area contributed by atoms with Crippen molar-refractivity contribution in [1.82, 2.24) is 4.90 Å². The van der Waals surface area contributed by atoms with Crippen molar-refractivity contribution in [3.05, 3.63) is 34.9 Å². The summed E-state index contributed by atoms with van der Waals surface area (Å²) in [7, 11) is 0. The van der Waals surface area contributed by atoms with Gasteiger partial charge in [-0.05, 0) is 23.4 Å². The number of amides is 1. The molecule has 1 heterocycles. The maximum atomic E-state index is 12.7. The molecular weight excluding hydrogens is 421 g/mol. The molecule has 0 aromatic heterocycles. The van der Waals surface area contributed by atoms with Gasteiger partial charge in [0.1, 0.15) is 11.7 Å². The van der Waals surface area contributed by atoms with Crippen molar-refractivity contribution in [2.24, 2.45) is 0 Å². The quantitative estimate of drug-likeness (QED) is 0.498. The molecule has 123 valence electrons. The van der Waals surface area contributed by atoms with Crippen molar-refractivity contribution in [2.75, 3.05) is 18.7 Å². The minimum absolute atomic E-state index is 0. The summed E-state index contributed by atoms with van der Waals surface area (Å²) in [6, 6.07) is 4.98. The first-order valence-corrected chi connectivity index (χ1v) is 8.41. The van der Waals surface area contributed by atoms with E-state index in [0.29, 0.717) is 34.4 Å². The first-order chi connectivity index (χ1) is 10.5. The summed E-state index contributed by atoms with van der Waals surface area (Å²) >= 11 is 7.74. The Bertz CT molecular complexity index is 587. The van der Waals surface area contributed by atoms with Crippen LogP contribution in [0.15, 0.2) is 18.2 Å². The predicted molar refractivity (Wildman–Crippen MR) is 84.1 cm³/mol. The van der Waals surface area contributed by atoms with E-state index in [1.807, 2.05) is 6.26 Å². The van der Waals surface area contributed by atoms with Crippen LogP contribution in [-0.4, -0.2) is 36.0 Å². The van der Waals surface area contributed by atoms with Crippen LogP contribution in [0.3, 0.4) is 0 Å². The van der Waals surface area contributed by atoms with Crippen molar-refractivity contribution >= 4 is 35.0 Å². The normalized spacial score (nSPS) is 14.6. The van der Waals surface area contributed by atoms with Gasteiger partial charge in [-0.1, -0.05) is 0 Å². The van der Waals surface area contributed by atoms with E-state index in [4.69, 9.17) is 16.3 Å². The van der Waals surface area contributed by atoms with Gasteiger partial charge in [0.05, 0.1) is 6.54 Å².